The number of carboxylic acid groups (broad SMARTS) is 1. The van der Waals surface area contributed by atoms with Crippen molar-refractivity contribution in [3.05, 3.63) is 0 Å². The van der Waals surface area contributed by atoms with E-state index in [0.29, 0.717) is 18.4 Å². The van der Waals surface area contributed by atoms with Crippen LogP contribution in [0.2, 0.25) is 0 Å². The van der Waals surface area contributed by atoms with Crippen molar-refractivity contribution in [3.63, 3.8) is 0 Å². The van der Waals surface area contributed by atoms with Gasteiger partial charge >= 0.3 is 12.0 Å². The maximum absolute atomic E-state index is 12.4. The highest BCUT2D eigenvalue weighted by Crippen LogP contribution is 2.27. The Morgan fingerprint density at radius 2 is 1.85 bits per heavy atom. The summed E-state index contributed by atoms with van der Waals surface area (Å²) in [5.74, 6) is -0.755. The van der Waals surface area contributed by atoms with Crippen LogP contribution in [0.4, 0.5) is 4.79 Å². The molecule has 0 spiro atoms. The fraction of sp³-hybridized carbons (Fsp3) is 0.867. The molecule has 3 unspecified atom stereocenters. The van der Waals surface area contributed by atoms with Gasteiger partial charge in [0.15, 0.2) is 0 Å². The monoisotopic (exact) mass is 282 g/mol. The van der Waals surface area contributed by atoms with Gasteiger partial charge in [-0.2, -0.15) is 0 Å². The van der Waals surface area contributed by atoms with Crippen LogP contribution in [0.3, 0.4) is 0 Å². The number of nitrogens with one attached hydrogen (secondary N) is 1. The number of likely N-dealkylation sites (tertiary alicyclic amines) is 1. The summed E-state index contributed by atoms with van der Waals surface area (Å²) in [4.78, 5) is 25.6. The minimum atomic E-state index is -0.781. The zero-order chi connectivity index (χ0) is 14.7. The van der Waals surface area contributed by atoms with Crippen LogP contribution in [0.5, 0.6) is 0 Å². The molecule has 1 saturated heterocycles. The third kappa shape index (κ3) is 3.25. The third-order valence-corrected chi connectivity index (χ3v) is 4.72. The minimum absolute atomic E-state index is 0.0700. The first-order valence-electron chi connectivity index (χ1n) is 7.80. The SMILES string of the molecule is CC(C)C1CCCN1C(=O)NC1CCCCC1C(=O)O. The number of rotatable bonds is 3. The summed E-state index contributed by atoms with van der Waals surface area (Å²) >= 11 is 0. The molecule has 0 aromatic rings. The van der Waals surface area contributed by atoms with Crippen LogP contribution in [0.25, 0.3) is 0 Å². The van der Waals surface area contributed by atoms with Gasteiger partial charge in [0.2, 0.25) is 0 Å². The predicted molar refractivity (Wildman–Crippen MR) is 76.5 cm³/mol. The van der Waals surface area contributed by atoms with Crippen molar-refractivity contribution in [2.45, 2.75) is 64.5 Å². The number of carbonyl (C=O) groups is 2. The van der Waals surface area contributed by atoms with E-state index in [1.807, 2.05) is 4.90 Å². The molecule has 3 atom stereocenters. The molecule has 114 valence electrons. The largest absolute Gasteiger partial charge is 0.481 e. The number of hydrogen-bond acceptors (Lipinski definition) is 2. The Kier molecular flexibility index (Phi) is 4.89. The lowest BCUT2D eigenvalue weighted by atomic mass is 9.84. The van der Waals surface area contributed by atoms with Crippen LogP contribution >= 0.6 is 0 Å². The van der Waals surface area contributed by atoms with E-state index < -0.39 is 11.9 Å². The van der Waals surface area contributed by atoms with Gasteiger partial charge in [-0.25, -0.2) is 4.79 Å². The molecule has 0 bridgehead atoms. The number of urea groups is 1. The maximum atomic E-state index is 12.4. The highest BCUT2D eigenvalue weighted by atomic mass is 16.4. The number of nitrogens with zero attached hydrogens (tertiary/aromatic N) is 1. The van der Waals surface area contributed by atoms with Crippen molar-refractivity contribution in [2.24, 2.45) is 11.8 Å². The first-order valence-corrected chi connectivity index (χ1v) is 7.80. The Bertz CT molecular complexity index is 370. The van der Waals surface area contributed by atoms with Gasteiger partial charge in [0, 0.05) is 18.6 Å². The predicted octanol–water partition coefficient (Wildman–Crippen LogP) is 2.46. The van der Waals surface area contributed by atoms with E-state index in [2.05, 4.69) is 19.2 Å². The molecule has 5 nitrogen and oxygen atoms in total. The fourth-order valence-electron chi connectivity index (χ4n) is 3.58. The van der Waals surface area contributed by atoms with Gasteiger partial charge in [0.25, 0.3) is 0 Å². The Morgan fingerprint density at radius 1 is 1.15 bits per heavy atom. The molecular weight excluding hydrogens is 256 g/mol. The van der Waals surface area contributed by atoms with Gasteiger partial charge in [-0.3, -0.25) is 4.79 Å². The van der Waals surface area contributed by atoms with E-state index >= 15 is 0 Å². The van der Waals surface area contributed by atoms with E-state index in [1.165, 1.54) is 0 Å². The van der Waals surface area contributed by atoms with Crippen molar-refractivity contribution in [1.82, 2.24) is 10.2 Å². The Hall–Kier alpha value is -1.26. The summed E-state index contributed by atoms with van der Waals surface area (Å²) < 4.78 is 0. The summed E-state index contributed by atoms with van der Waals surface area (Å²) in [7, 11) is 0. The molecule has 2 fully saturated rings. The molecule has 0 aromatic carbocycles. The van der Waals surface area contributed by atoms with Crippen LogP contribution in [-0.4, -0.2) is 40.6 Å². The van der Waals surface area contributed by atoms with Crippen molar-refractivity contribution < 1.29 is 14.7 Å². The average Bonchev–Trinajstić information content (AvgIpc) is 2.88. The Labute approximate surface area is 120 Å². The van der Waals surface area contributed by atoms with E-state index in [1.54, 1.807) is 0 Å². The number of amides is 2. The van der Waals surface area contributed by atoms with Crippen molar-refractivity contribution >= 4 is 12.0 Å². The zero-order valence-electron chi connectivity index (χ0n) is 12.5. The third-order valence-electron chi connectivity index (χ3n) is 4.72. The van der Waals surface area contributed by atoms with Gasteiger partial charge in [0.05, 0.1) is 5.92 Å². The number of carboxylic acids is 1. The molecule has 1 heterocycles. The summed E-state index contributed by atoms with van der Waals surface area (Å²) in [5, 5.41) is 12.2. The first-order chi connectivity index (χ1) is 9.50. The minimum Gasteiger partial charge on any atom is -0.481 e. The van der Waals surface area contributed by atoms with Gasteiger partial charge in [-0.15, -0.1) is 0 Å². The van der Waals surface area contributed by atoms with Gasteiger partial charge in [0.1, 0.15) is 0 Å². The van der Waals surface area contributed by atoms with E-state index in [-0.39, 0.29) is 12.1 Å². The highest BCUT2D eigenvalue weighted by Gasteiger charge is 2.36. The molecular formula is C15H26N2O3. The van der Waals surface area contributed by atoms with Crippen LogP contribution < -0.4 is 5.32 Å². The molecule has 5 heteroatoms. The number of aliphatic carboxylic acids is 1. The highest BCUT2D eigenvalue weighted by molar-refractivity contribution is 5.77. The smallest absolute Gasteiger partial charge is 0.317 e. The molecule has 1 aliphatic heterocycles. The van der Waals surface area contributed by atoms with Crippen molar-refractivity contribution in [3.8, 4) is 0 Å². The second kappa shape index (κ2) is 6.46. The summed E-state index contributed by atoms with van der Waals surface area (Å²) in [5.41, 5.74) is 0. The number of carbonyl (C=O) groups excluding carboxylic acids is 1. The molecule has 0 radical (unpaired) electrons. The molecule has 2 aliphatic rings. The van der Waals surface area contributed by atoms with Crippen LogP contribution in [0, 0.1) is 11.8 Å². The lowest BCUT2D eigenvalue weighted by molar-refractivity contribution is -0.143. The number of hydrogen-bond donors (Lipinski definition) is 2. The summed E-state index contributed by atoms with van der Waals surface area (Å²) in [6, 6.07) is 0.0170. The lowest BCUT2D eigenvalue weighted by Crippen LogP contribution is -2.52. The van der Waals surface area contributed by atoms with E-state index in [4.69, 9.17) is 0 Å². The topological polar surface area (TPSA) is 69.6 Å². The average molecular weight is 282 g/mol. The van der Waals surface area contributed by atoms with Gasteiger partial charge < -0.3 is 15.3 Å². The Morgan fingerprint density at radius 3 is 2.50 bits per heavy atom. The zero-order valence-corrected chi connectivity index (χ0v) is 12.5. The molecule has 2 rings (SSSR count). The molecule has 2 N–H and O–H groups in total. The van der Waals surface area contributed by atoms with Crippen LogP contribution in [0.1, 0.15) is 52.4 Å². The summed E-state index contributed by atoms with van der Waals surface area (Å²) in [6.45, 7) is 5.06. The maximum Gasteiger partial charge on any atom is 0.317 e. The first kappa shape index (κ1) is 15.1. The molecule has 1 saturated carbocycles. The molecule has 0 aromatic heterocycles. The molecule has 1 aliphatic carbocycles. The second-order valence-electron chi connectivity index (χ2n) is 6.43. The van der Waals surface area contributed by atoms with Crippen molar-refractivity contribution in [1.29, 1.82) is 0 Å². The Balaban J connectivity index is 1.97. The van der Waals surface area contributed by atoms with Crippen LogP contribution in [0.15, 0.2) is 0 Å². The summed E-state index contributed by atoms with van der Waals surface area (Å²) in [6.07, 6.45) is 5.50. The lowest BCUT2D eigenvalue weighted by Gasteiger charge is -2.33. The van der Waals surface area contributed by atoms with Gasteiger partial charge in [-0.1, -0.05) is 26.7 Å². The van der Waals surface area contributed by atoms with Crippen LogP contribution in [-0.2, 0) is 4.79 Å². The fourth-order valence-corrected chi connectivity index (χ4v) is 3.58. The van der Waals surface area contributed by atoms with E-state index in [9.17, 15) is 14.7 Å². The molecule has 20 heavy (non-hydrogen) atoms. The van der Waals surface area contributed by atoms with Gasteiger partial charge in [-0.05, 0) is 31.6 Å². The second-order valence-corrected chi connectivity index (χ2v) is 6.43. The normalized spacial score (nSPS) is 30.6. The standard InChI is InChI=1S/C15H26N2O3/c1-10(2)13-8-5-9-17(13)15(20)16-12-7-4-3-6-11(12)14(18)19/h10-13H,3-9H2,1-2H3,(H,16,20)(H,18,19). The van der Waals surface area contributed by atoms with Crippen molar-refractivity contribution in [2.75, 3.05) is 6.54 Å². The molecule has 2 amide bonds. The van der Waals surface area contributed by atoms with E-state index in [0.717, 1.165) is 38.6 Å². The quantitative estimate of drug-likeness (QED) is 0.835.